The van der Waals surface area contributed by atoms with Crippen molar-refractivity contribution in [1.29, 1.82) is 0 Å². The van der Waals surface area contributed by atoms with Gasteiger partial charge in [0.05, 0.1) is 0 Å². The molecule has 1 aromatic rings. The lowest BCUT2D eigenvalue weighted by molar-refractivity contribution is 0.698. The van der Waals surface area contributed by atoms with Crippen molar-refractivity contribution in [2.45, 2.75) is 43.2 Å². The molecule has 0 saturated heterocycles. The van der Waals surface area contributed by atoms with E-state index in [0.29, 0.717) is 0 Å². The molecule has 1 aromatic carbocycles. The van der Waals surface area contributed by atoms with Gasteiger partial charge in [0, 0.05) is 0 Å². The number of benzene rings is 1. The van der Waals surface area contributed by atoms with Crippen molar-refractivity contribution in [3.8, 4) is 0 Å². The van der Waals surface area contributed by atoms with Crippen molar-refractivity contribution in [2.24, 2.45) is 11.8 Å². The molecule has 0 saturated carbocycles. The van der Waals surface area contributed by atoms with Gasteiger partial charge in [0.1, 0.15) is 0 Å². The molecule has 16 heavy (non-hydrogen) atoms. The van der Waals surface area contributed by atoms with Crippen molar-refractivity contribution < 1.29 is 0 Å². The van der Waals surface area contributed by atoms with Crippen LogP contribution in [0.5, 0.6) is 0 Å². The van der Waals surface area contributed by atoms with Crippen LogP contribution in [-0.4, -0.2) is 13.0 Å². The number of rotatable bonds is 6. The Morgan fingerprint density at radius 1 is 0.938 bits per heavy atom. The highest BCUT2D eigenvalue weighted by molar-refractivity contribution is 8.25. The van der Waals surface area contributed by atoms with Gasteiger partial charge in [-0.2, -0.15) is 0 Å². The van der Waals surface area contributed by atoms with Crippen LogP contribution in [0.25, 0.3) is 0 Å². The smallest absolute Gasteiger partial charge is 0.224 e. The molecule has 2 heteroatoms. The van der Waals surface area contributed by atoms with E-state index in [-0.39, 0.29) is 0 Å². The molecule has 1 rings (SSSR count). The maximum Gasteiger partial charge on any atom is 0.357 e. The highest BCUT2D eigenvalue weighted by Crippen LogP contribution is 2.29. The predicted molar refractivity (Wildman–Crippen MR) is 77.3 cm³/mol. The summed E-state index contributed by atoms with van der Waals surface area (Å²) in [5, 5.41) is 2.91. The molecule has 0 aromatic heterocycles. The van der Waals surface area contributed by atoms with Crippen molar-refractivity contribution in [3.05, 3.63) is 30.3 Å². The summed E-state index contributed by atoms with van der Waals surface area (Å²) in [4.78, 5) is 1.47. The van der Waals surface area contributed by atoms with Gasteiger partial charge in [0.25, 0.3) is 0 Å². The Morgan fingerprint density at radius 3 is 1.88 bits per heavy atom. The molecule has 0 N–H and O–H groups in total. The molecule has 0 heterocycles. The quantitative estimate of drug-likeness (QED) is 0.634. The summed E-state index contributed by atoms with van der Waals surface area (Å²) in [7, 11) is 2.18. The summed E-state index contributed by atoms with van der Waals surface area (Å²) in [6, 6.07) is 10.9. The van der Waals surface area contributed by atoms with Crippen LogP contribution in [0.4, 0.5) is 0 Å². The van der Waals surface area contributed by atoms with E-state index < -0.39 is 13.0 Å². The van der Waals surface area contributed by atoms with E-state index in [1.165, 1.54) is 15.5 Å². The second-order valence-corrected chi connectivity index (χ2v) is 10.9. The van der Waals surface area contributed by atoms with Crippen molar-refractivity contribution in [3.63, 3.8) is 0 Å². The molecule has 0 unspecified atom stereocenters. The van der Waals surface area contributed by atoms with Crippen LogP contribution in [0, 0.1) is 11.8 Å². The zero-order chi connectivity index (χ0) is 12.0. The average molecular weight is 250 g/mol. The average Bonchev–Trinajstić information content (AvgIpc) is 2.16. The van der Waals surface area contributed by atoms with Gasteiger partial charge in [-0.05, 0) is 4.90 Å². The van der Waals surface area contributed by atoms with Gasteiger partial charge in [-0.3, -0.25) is 0 Å². The fraction of sp³-hybridized carbons (Fsp3) is 0.571. The molecular weight excluding hydrogens is 227 g/mol. The Hall–Kier alpha value is 0.102. The van der Waals surface area contributed by atoms with Crippen molar-refractivity contribution in [1.82, 2.24) is 0 Å². The molecule has 0 radical (unpaired) electrons. The first-order valence-corrected chi connectivity index (χ1v) is 10.2. The largest absolute Gasteiger partial charge is 0.357 e. The Labute approximate surface area is 108 Å². The lowest BCUT2D eigenvalue weighted by Crippen LogP contribution is -2.13. The standard InChI is InChI=1S/C6H6S.2C4H9.Al/c7-6-4-2-1-3-5-6;2*1-4(2)3;/h1-5,7H;2*4H,1H2,2-3H3;/q;;;+1/p-1. The Bertz CT molecular complexity index is 272. The SMILES string of the molecule is CC(C)[CH2][Al]([CH2]C(C)C)[S]c1ccccc1. The third-order valence-corrected chi connectivity index (χ3v) is 9.30. The van der Waals surface area contributed by atoms with Gasteiger partial charge in [-0.1, -0.05) is 80.4 Å². The monoisotopic (exact) mass is 250 g/mol. The van der Waals surface area contributed by atoms with E-state index >= 15 is 0 Å². The second-order valence-electron chi connectivity index (χ2n) is 5.31. The summed E-state index contributed by atoms with van der Waals surface area (Å²) in [6.07, 6.45) is 0. The van der Waals surface area contributed by atoms with E-state index in [4.69, 9.17) is 0 Å². The predicted octanol–water partition coefficient (Wildman–Crippen LogP) is 5.08. The van der Waals surface area contributed by atoms with Crippen LogP contribution >= 0.6 is 10.1 Å². The molecule has 0 spiro atoms. The van der Waals surface area contributed by atoms with E-state index in [1.54, 1.807) is 0 Å². The van der Waals surface area contributed by atoms with Gasteiger partial charge in [-0.25, -0.2) is 10.1 Å². The van der Waals surface area contributed by atoms with Crippen molar-refractivity contribution in [2.75, 3.05) is 0 Å². The third kappa shape index (κ3) is 5.99. The van der Waals surface area contributed by atoms with Crippen LogP contribution in [0.1, 0.15) is 27.7 Å². The summed E-state index contributed by atoms with van der Waals surface area (Å²) < 4.78 is 0. The fourth-order valence-corrected chi connectivity index (χ4v) is 9.64. The maximum absolute atomic E-state index is 2.35. The zero-order valence-corrected chi connectivity index (χ0v) is 12.9. The minimum Gasteiger partial charge on any atom is -0.224 e. The van der Waals surface area contributed by atoms with Gasteiger partial charge in [0.15, 0.2) is 0 Å². The van der Waals surface area contributed by atoms with Gasteiger partial charge in [-0.15, -0.1) is 0 Å². The van der Waals surface area contributed by atoms with Gasteiger partial charge in [0.2, 0.25) is 0 Å². The number of hydrogen-bond acceptors (Lipinski definition) is 1. The van der Waals surface area contributed by atoms with E-state index in [0.717, 1.165) is 11.8 Å². The molecular formula is C14H23AlS. The first-order valence-electron chi connectivity index (χ1n) is 6.29. The maximum atomic E-state index is 2.35. The topological polar surface area (TPSA) is 0 Å². The lowest BCUT2D eigenvalue weighted by atomic mass is 10.3. The van der Waals surface area contributed by atoms with E-state index in [2.05, 4.69) is 68.2 Å². The third-order valence-electron chi connectivity index (χ3n) is 2.51. The summed E-state index contributed by atoms with van der Waals surface area (Å²) in [6.45, 7) is 9.41. The van der Waals surface area contributed by atoms with Crippen molar-refractivity contribution >= 4 is 23.1 Å². The molecule has 0 amide bonds. The molecule has 0 atom stereocenters. The summed E-state index contributed by atoms with van der Waals surface area (Å²) >= 11 is -0.660. The minimum absolute atomic E-state index is 0.660. The van der Waals surface area contributed by atoms with Crippen LogP contribution in [0.2, 0.25) is 10.6 Å². The van der Waals surface area contributed by atoms with Crippen LogP contribution in [-0.2, 0) is 0 Å². The Balaban J connectivity index is 2.56. The Morgan fingerprint density at radius 2 is 1.44 bits per heavy atom. The van der Waals surface area contributed by atoms with Gasteiger partial charge >= 0.3 is 13.0 Å². The second kappa shape index (κ2) is 7.43. The van der Waals surface area contributed by atoms with Crippen LogP contribution in [0.15, 0.2) is 35.2 Å². The zero-order valence-electron chi connectivity index (χ0n) is 10.9. The molecule has 88 valence electrons. The first-order chi connectivity index (χ1) is 7.58. The molecule has 0 fully saturated rings. The molecule has 0 aliphatic heterocycles. The van der Waals surface area contributed by atoms with Gasteiger partial charge < -0.3 is 0 Å². The Kier molecular flexibility index (Phi) is 6.58. The molecule has 0 nitrogen and oxygen atoms in total. The number of hydrogen-bond donors (Lipinski definition) is 0. The highest BCUT2D eigenvalue weighted by Gasteiger charge is 2.21. The van der Waals surface area contributed by atoms with Crippen LogP contribution < -0.4 is 0 Å². The summed E-state index contributed by atoms with van der Waals surface area (Å²) in [5.41, 5.74) is 0. The summed E-state index contributed by atoms with van der Waals surface area (Å²) in [5.74, 6) is 1.71. The normalized spacial score (nSPS) is 11.1. The first kappa shape index (κ1) is 14.2. The fourth-order valence-electron chi connectivity index (χ4n) is 1.94. The minimum atomic E-state index is -0.660. The lowest BCUT2D eigenvalue weighted by Gasteiger charge is -2.15. The molecule has 0 bridgehead atoms. The van der Waals surface area contributed by atoms with E-state index in [1.807, 2.05) is 0 Å². The molecule has 0 aliphatic carbocycles. The van der Waals surface area contributed by atoms with E-state index in [9.17, 15) is 0 Å². The highest BCUT2D eigenvalue weighted by atomic mass is 32.3. The molecule has 0 aliphatic rings. The van der Waals surface area contributed by atoms with Crippen LogP contribution in [0.3, 0.4) is 0 Å².